The number of rotatable bonds is 3. The maximum Gasteiger partial charge on any atom is 0.259 e. The minimum Gasteiger partial charge on any atom is -0.365 e. The molecule has 1 heterocycles. The van der Waals surface area contributed by atoms with Gasteiger partial charge in [-0.05, 0) is 43.4 Å². The highest BCUT2D eigenvalue weighted by Crippen LogP contribution is 2.38. The van der Waals surface area contributed by atoms with E-state index in [4.69, 9.17) is 5.73 Å². The first-order valence-electron chi connectivity index (χ1n) is 7.18. The van der Waals surface area contributed by atoms with Gasteiger partial charge in [-0.1, -0.05) is 0 Å². The molecule has 2 aromatic rings. The Balaban J connectivity index is 1.95. The van der Waals surface area contributed by atoms with Crippen LogP contribution in [0.3, 0.4) is 0 Å². The van der Waals surface area contributed by atoms with Crippen LogP contribution in [0.15, 0.2) is 18.2 Å². The number of halogens is 2. The molecule has 120 valence electrons. The van der Waals surface area contributed by atoms with Crippen LogP contribution in [0.5, 0.6) is 0 Å². The summed E-state index contributed by atoms with van der Waals surface area (Å²) in [7, 11) is 0. The molecule has 2 amide bonds. The van der Waals surface area contributed by atoms with Crippen molar-refractivity contribution in [3.8, 4) is 0 Å². The highest BCUT2D eigenvalue weighted by atomic mass is 32.1. The largest absolute Gasteiger partial charge is 0.365 e. The van der Waals surface area contributed by atoms with E-state index in [1.54, 1.807) is 0 Å². The Kier molecular flexibility index (Phi) is 4.12. The number of carbonyl (C=O) groups excluding carboxylic acids is 2. The molecule has 0 spiro atoms. The lowest BCUT2D eigenvalue weighted by molar-refractivity contribution is 0.100. The Morgan fingerprint density at radius 2 is 1.91 bits per heavy atom. The van der Waals surface area contributed by atoms with Crippen LogP contribution in [0.1, 0.15) is 44.0 Å². The summed E-state index contributed by atoms with van der Waals surface area (Å²) in [5.41, 5.74) is 6.34. The molecule has 0 aliphatic heterocycles. The van der Waals surface area contributed by atoms with Gasteiger partial charge in [-0.3, -0.25) is 9.59 Å². The number of hydrogen-bond acceptors (Lipinski definition) is 3. The molecular weight excluding hydrogens is 322 g/mol. The second-order valence-corrected chi connectivity index (χ2v) is 6.46. The van der Waals surface area contributed by atoms with Crippen LogP contribution in [0, 0.1) is 11.6 Å². The first-order valence-corrected chi connectivity index (χ1v) is 7.99. The number of nitrogens with one attached hydrogen (secondary N) is 1. The molecule has 1 aliphatic rings. The molecule has 23 heavy (non-hydrogen) atoms. The van der Waals surface area contributed by atoms with Crippen molar-refractivity contribution in [3.63, 3.8) is 0 Å². The lowest BCUT2D eigenvalue weighted by Crippen LogP contribution is -2.19. The number of benzene rings is 1. The molecule has 1 aliphatic carbocycles. The highest BCUT2D eigenvalue weighted by molar-refractivity contribution is 7.17. The first kappa shape index (κ1) is 15.6. The molecule has 1 aromatic heterocycles. The second-order valence-electron chi connectivity index (χ2n) is 5.36. The Morgan fingerprint density at radius 1 is 1.17 bits per heavy atom. The topological polar surface area (TPSA) is 72.2 Å². The third-order valence-corrected chi connectivity index (χ3v) is 5.03. The minimum atomic E-state index is -0.954. The normalized spacial score (nSPS) is 13.5. The Morgan fingerprint density at radius 3 is 2.61 bits per heavy atom. The zero-order chi connectivity index (χ0) is 16.6. The molecule has 4 nitrogen and oxygen atoms in total. The van der Waals surface area contributed by atoms with Crippen LogP contribution in [0.2, 0.25) is 0 Å². The molecule has 0 unspecified atom stereocenters. The summed E-state index contributed by atoms with van der Waals surface area (Å²) in [6.45, 7) is 0. The number of primary amides is 1. The van der Waals surface area contributed by atoms with E-state index in [2.05, 4.69) is 5.32 Å². The molecular formula is C16H14F2N2O2S. The van der Waals surface area contributed by atoms with Crippen LogP contribution >= 0.6 is 11.3 Å². The number of nitrogens with two attached hydrogens (primary N) is 1. The van der Waals surface area contributed by atoms with Crippen molar-refractivity contribution in [3.05, 3.63) is 51.4 Å². The van der Waals surface area contributed by atoms with Gasteiger partial charge in [0.05, 0.1) is 11.1 Å². The molecule has 0 fully saturated rings. The van der Waals surface area contributed by atoms with Gasteiger partial charge in [-0.25, -0.2) is 8.78 Å². The number of fused-ring (bicyclic) bond motifs is 1. The van der Waals surface area contributed by atoms with E-state index in [1.807, 2.05) is 0 Å². The summed E-state index contributed by atoms with van der Waals surface area (Å²) in [5, 5.41) is 2.87. The fourth-order valence-electron chi connectivity index (χ4n) is 2.76. The SMILES string of the molecule is NC(=O)c1c(NC(=O)c2ccc(F)cc2F)sc2c1CCCC2. The number of thiophene rings is 1. The summed E-state index contributed by atoms with van der Waals surface area (Å²) in [5.74, 6) is -3.06. The van der Waals surface area contributed by atoms with E-state index < -0.39 is 23.4 Å². The zero-order valence-corrected chi connectivity index (χ0v) is 12.9. The fourth-order valence-corrected chi connectivity index (χ4v) is 4.05. The van der Waals surface area contributed by atoms with Crippen molar-refractivity contribution in [2.45, 2.75) is 25.7 Å². The second kappa shape index (κ2) is 6.08. The predicted octanol–water partition coefficient (Wildman–Crippen LogP) is 3.26. The average Bonchev–Trinajstić information content (AvgIpc) is 2.84. The lowest BCUT2D eigenvalue weighted by Gasteiger charge is -2.11. The molecule has 0 bridgehead atoms. The fraction of sp³-hybridized carbons (Fsp3) is 0.250. The standard InChI is InChI=1S/C16H14F2N2O2S/c17-8-5-6-9(11(18)7-8)15(22)20-16-13(14(19)21)10-3-1-2-4-12(10)23-16/h5-7H,1-4H2,(H2,19,21)(H,20,22). The van der Waals surface area contributed by atoms with Gasteiger partial charge < -0.3 is 11.1 Å². The van der Waals surface area contributed by atoms with E-state index in [0.29, 0.717) is 16.6 Å². The molecule has 3 rings (SSSR count). The van der Waals surface area contributed by atoms with Crippen molar-refractivity contribution in [1.82, 2.24) is 0 Å². The summed E-state index contributed by atoms with van der Waals surface area (Å²) in [6.07, 6.45) is 3.56. The van der Waals surface area contributed by atoms with E-state index in [9.17, 15) is 18.4 Å². The lowest BCUT2D eigenvalue weighted by atomic mass is 9.95. The summed E-state index contributed by atoms with van der Waals surface area (Å²) in [4.78, 5) is 25.0. The van der Waals surface area contributed by atoms with Gasteiger partial charge in [-0.2, -0.15) is 0 Å². The number of hydrogen-bond donors (Lipinski definition) is 2. The summed E-state index contributed by atoms with van der Waals surface area (Å²) in [6, 6.07) is 2.72. The summed E-state index contributed by atoms with van der Waals surface area (Å²) < 4.78 is 26.6. The quantitative estimate of drug-likeness (QED) is 0.903. The maximum atomic E-state index is 13.7. The molecule has 7 heteroatoms. The monoisotopic (exact) mass is 336 g/mol. The van der Waals surface area contributed by atoms with Crippen molar-refractivity contribution >= 4 is 28.2 Å². The van der Waals surface area contributed by atoms with Gasteiger partial charge in [0.2, 0.25) is 0 Å². The van der Waals surface area contributed by atoms with Gasteiger partial charge in [0.25, 0.3) is 11.8 Å². The van der Waals surface area contributed by atoms with Crippen LogP contribution in [0.4, 0.5) is 13.8 Å². The van der Waals surface area contributed by atoms with Crippen molar-refractivity contribution < 1.29 is 18.4 Å². The van der Waals surface area contributed by atoms with Crippen LogP contribution < -0.4 is 11.1 Å². The minimum absolute atomic E-state index is 0.284. The number of aryl methyl sites for hydroxylation is 1. The number of amides is 2. The first-order chi connectivity index (χ1) is 11.0. The van der Waals surface area contributed by atoms with Gasteiger partial charge >= 0.3 is 0 Å². The van der Waals surface area contributed by atoms with Gasteiger partial charge in [0.15, 0.2) is 0 Å². The molecule has 0 radical (unpaired) electrons. The van der Waals surface area contributed by atoms with Crippen LogP contribution in [-0.2, 0) is 12.8 Å². The number of carbonyl (C=O) groups is 2. The highest BCUT2D eigenvalue weighted by Gasteiger charge is 2.25. The Bertz CT molecular complexity index is 802. The van der Waals surface area contributed by atoms with Gasteiger partial charge in [-0.15, -0.1) is 11.3 Å². The van der Waals surface area contributed by atoms with Gasteiger partial charge in [0, 0.05) is 10.9 Å². The van der Waals surface area contributed by atoms with E-state index in [1.165, 1.54) is 11.3 Å². The predicted molar refractivity (Wildman–Crippen MR) is 83.8 cm³/mol. The molecule has 3 N–H and O–H groups in total. The summed E-state index contributed by atoms with van der Waals surface area (Å²) >= 11 is 1.29. The molecule has 0 saturated heterocycles. The smallest absolute Gasteiger partial charge is 0.259 e. The molecule has 0 saturated carbocycles. The van der Waals surface area contributed by atoms with Crippen molar-refractivity contribution in [2.24, 2.45) is 5.73 Å². The average molecular weight is 336 g/mol. The molecule has 1 aromatic carbocycles. The van der Waals surface area contributed by atoms with E-state index >= 15 is 0 Å². The Labute approximate surface area is 135 Å². The molecule has 0 atom stereocenters. The van der Waals surface area contributed by atoms with E-state index in [0.717, 1.165) is 48.3 Å². The Hall–Kier alpha value is -2.28. The zero-order valence-electron chi connectivity index (χ0n) is 12.1. The van der Waals surface area contributed by atoms with Crippen molar-refractivity contribution in [2.75, 3.05) is 5.32 Å². The maximum absolute atomic E-state index is 13.7. The third kappa shape index (κ3) is 2.96. The van der Waals surface area contributed by atoms with Crippen LogP contribution in [-0.4, -0.2) is 11.8 Å². The third-order valence-electron chi connectivity index (χ3n) is 3.82. The van der Waals surface area contributed by atoms with E-state index in [-0.39, 0.29) is 5.56 Å². The van der Waals surface area contributed by atoms with Crippen molar-refractivity contribution in [1.29, 1.82) is 0 Å². The van der Waals surface area contributed by atoms with Gasteiger partial charge in [0.1, 0.15) is 16.6 Å². The van der Waals surface area contributed by atoms with Crippen LogP contribution in [0.25, 0.3) is 0 Å². The number of anilines is 1.